The molecule has 0 aromatic heterocycles. The summed E-state index contributed by atoms with van der Waals surface area (Å²) in [6, 6.07) is 0. The first-order valence-electron chi connectivity index (χ1n) is 10.6. The van der Waals surface area contributed by atoms with Crippen LogP contribution < -0.4 is 0 Å². The van der Waals surface area contributed by atoms with E-state index in [1.54, 1.807) is 0 Å². The highest BCUT2D eigenvalue weighted by Gasteiger charge is 2.23. The van der Waals surface area contributed by atoms with Crippen LogP contribution in [0.25, 0.3) is 0 Å². The van der Waals surface area contributed by atoms with E-state index < -0.39 is 18.4 Å². The van der Waals surface area contributed by atoms with Crippen molar-refractivity contribution >= 4 is 6.16 Å². The summed E-state index contributed by atoms with van der Waals surface area (Å²) in [5.74, 6) is 0. The zero-order chi connectivity index (χ0) is 21.6. The highest BCUT2D eigenvalue weighted by atomic mass is 17.2. The molecular weight excluding hydrogens is 364 g/mol. The lowest BCUT2D eigenvalue weighted by atomic mass is 10.0. The van der Waals surface area contributed by atoms with Crippen molar-refractivity contribution in [2.75, 3.05) is 13.2 Å². The van der Waals surface area contributed by atoms with Gasteiger partial charge in [-0.05, 0) is 53.4 Å². The van der Waals surface area contributed by atoms with E-state index in [2.05, 4.69) is 13.8 Å². The summed E-state index contributed by atoms with van der Waals surface area (Å²) in [5, 5.41) is 0. The fraction of sp³-hybridized carbons (Fsp3) is 0.952. The number of hydrogen-bond acceptors (Lipinski definition) is 7. The van der Waals surface area contributed by atoms with E-state index in [9.17, 15) is 4.79 Å². The number of carbonyl (C=O) groups excluding carboxylic acids is 1. The van der Waals surface area contributed by atoms with Crippen LogP contribution in [0, 0.1) is 0 Å². The molecule has 0 amide bonds. The number of rotatable bonds is 16. The summed E-state index contributed by atoms with van der Waals surface area (Å²) in [6.45, 7) is 16.1. The van der Waals surface area contributed by atoms with E-state index in [-0.39, 0.29) is 24.4 Å². The third kappa shape index (κ3) is 13.3. The van der Waals surface area contributed by atoms with Gasteiger partial charge in [-0.25, -0.2) is 24.3 Å². The summed E-state index contributed by atoms with van der Waals surface area (Å²) >= 11 is 0. The van der Waals surface area contributed by atoms with E-state index in [0.29, 0.717) is 12.8 Å². The molecule has 0 saturated carbocycles. The number of ether oxygens (including phenoxy) is 2. The molecule has 0 saturated heterocycles. The van der Waals surface area contributed by atoms with Gasteiger partial charge in [0.1, 0.15) is 25.4 Å². The SMILES string of the molecule is CCCC(C)(C)OOCC(CC)OC(=O)OC(CC)COOC(C)(C)CCC. The molecule has 0 N–H and O–H groups in total. The molecule has 0 fully saturated rings. The summed E-state index contributed by atoms with van der Waals surface area (Å²) < 4.78 is 10.7. The summed E-state index contributed by atoms with van der Waals surface area (Å²) in [4.78, 5) is 33.5. The Morgan fingerprint density at radius 2 is 1.07 bits per heavy atom. The average Bonchev–Trinajstić information content (AvgIpc) is 2.59. The molecule has 2 unspecified atom stereocenters. The molecule has 0 heterocycles. The molecule has 0 aromatic rings. The molecule has 168 valence electrons. The van der Waals surface area contributed by atoms with Crippen molar-refractivity contribution in [1.29, 1.82) is 0 Å². The maximum absolute atomic E-state index is 12.1. The van der Waals surface area contributed by atoms with Gasteiger partial charge < -0.3 is 9.47 Å². The molecule has 0 aliphatic heterocycles. The first-order chi connectivity index (χ1) is 13.1. The van der Waals surface area contributed by atoms with Gasteiger partial charge in [0.15, 0.2) is 0 Å². The summed E-state index contributed by atoms with van der Waals surface area (Å²) in [5.41, 5.74) is -0.743. The number of carbonyl (C=O) groups is 1. The molecule has 0 spiro atoms. The predicted octanol–water partition coefficient (Wildman–Crippen LogP) is 5.75. The van der Waals surface area contributed by atoms with Crippen molar-refractivity contribution < 1.29 is 33.8 Å². The van der Waals surface area contributed by atoms with Gasteiger partial charge in [-0.15, -0.1) is 0 Å². The van der Waals surface area contributed by atoms with Crippen LogP contribution in [-0.2, 0) is 29.0 Å². The molecule has 0 radical (unpaired) electrons. The summed E-state index contributed by atoms with van der Waals surface area (Å²) in [7, 11) is 0. The minimum atomic E-state index is -0.744. The molecule has 0 bridgehead atoms. The first-order valence-corrected chi connectivity index (χ1v) is 10.6. The molecule has 7 heteroatoms. The van der Waals surface area contributed by atoms with Crippen LogP contribution in [0.4, 0.5) is 4.79 Å². The predicted molar refractivity (Wildman–Crippen MR) is 108 cm³/mol. The lowest BCUT2D eigenvalue weighted by Gasteiger charge is -2.25. The minimum absolute atomic E-state index is 0.153. The van der Waals surface area contributed by atoms with Gasteiger partial charge in [0.2, 0.25) is 0 Å². The molecular formula is C21H42O7. The molecule has 28 heavy (non-hydrogen) atoms. The lowest BCUT2D eigenvalue weighted by Crippen LogP contribution is -2.31. The van der Waals surface area contributed by atoms with Crippen molar-refractivity contribution in [2.24, 2.45) is 0 Å². The van der Waals surface area contributed by atoms with E-state index in [1.807, 2.05) is 41.5 Å². The van der Waals surface area contributed by atoms with Crippen molar-refractivity contribution in [1.82, 2.24) is 0 Å². The maximum atomic E-state index is 12.1. The van der Waals surface area contributed by atoms with Gasteiger partial charge in [-0.3, -0.25) is 0 Å². The van der Waals surface area contributed by atoms with E-state index in [4.69, 9.17) is 29.0 Å². The fourth-order valence-corrected chi connectivity index (χ4v) is 2.60. The quantitative estimate of drug-likeness (QED) is 0.183. The average molecular weight is 407 g/mol. The van der Waals surface area contributed by atoms with E-state index >= 15 is 0 Å². The Hall–Kier alpha value is -0.890. The minimum Gasteiger partial charge on any atom is -0.428 e. The van der Waals surface area contributed by atoms with Crippen LogP contribution in [-0.4, -0.2) is 42.8 Å². The lowest BCUT2D eigenvalue weighted by molar-refractivity contribution is -0.363. The van der Waals surface area contributed by atoms with Crippen LogP contribution >= 0.6 is 0 Å². The van der Waals surface area contributed by atoms with Gasteiger partial charge in [-0.1, -0.05) is 40.5 Å². The van der Waals surface area contributed by atoms with Crippen LogP contribution in [0.5, 0.6) is 0 Å². The normalized spacial score (nSPS) is 14.6. The second kappa shape index (κ2) is 14.1. The Balaban J connectivity index is 4.27. The fourth-order valence-electron chi connectivity index (χ4n) is 2.60. The van der Waals surface area contributed by atoms with Crippen LogP contribution in [0.1, 0.15) is 93.9 Å². The second-order valence-electron chi connectivity index (χ2n) is 8.30. The van der Waals surface area contributed by atoms with Crippen LogP contribution in [0.3, 0.4) is 0 Å². The second-order valence-corrected chi connectivity index (χ2v) is 8.30. The van der Waals surface area contributed by atoms with Gasteiger partial charge in [-0.2, -0.15) is 0 Å². The van der Waals surface area contributed by atoms with Gasteiger partial charge in [0.05, 0.1) is 11.2 Å². The van der Waals surface area contributed by atoms with Crippen molar-refractivity contribution in [2.45, 2.75) is 117 Å². The number of hydrogen-bond donors (Lipinski definition) is 0. The standard InChI is InChI=1S/C21H42O7/c1-9-13-20(5,6)27-23-15-17(11-3)25-19(22)26-18(12-4)16-24-28-21(7,8)14-10-2/h17-18H,9-16H2,1-8H3. The topological polar surface area (TPSA) is 72.5 Å². The zero-order valence-corrected chi connectivity index (χ0v) is 19.2. The van der Waals surface area contributed by atoms with Crippen molar-refractivity contribution in [3.05, 3.63) is 0 Å². The maximum Gasteiger partial charge on any atom is 0.508 e. The smallest absolute Gasteiger partial charge is 0.428 e. The largest absolute Gasteiger partial charge is 0.508 e. The Kier molecular flexibility index (Phi) is 13.7. The Morgan fingerprint density at radius 3 is 1.36 bits per heavy atom. The highest BCUT2D eigenvalue weighted by Crippen LogP contribution is 2.18. The summed E-state index contributed by atoms with van der Waals surface area (Å²) in [6.07, 6.45) is 3.30. The van der Waals surface area contributed by atoms with E-state index in [0.717, 1.165) is 25.7 Å². The third-order valence-corrected chi connectivity index (χ3v) is 4.22. The Labute approximate surface area is 171 Å². The zero-order valence-electron chi connectivity index (χ0n) is 19.2. The molecule has 7 nitrogen and oxygen atoms in total. The Morgan fingerprint density at radius 1 is 0.714 bits per heavy atom. The Bertz CT molecular complexity index is 374. The first kappa shape index (κ1) is 27.1. The van der Waals surface area contributed by atoms with Gasteiger partial charge in [0.25, 0.3) is 0 Å². The monoisotopic (exact) mass is 406 g/mol. The van der Waals surface area contributed by atoms with Gasteiger partial charge >= 0.3 is 6.16 Å². The molecule has 2 atom stereocenters. The third-order valence-electron chi connectivity index (χ3n) is 4.22. The van der Waals surface area contributed by atoms with E-state index in [1.165, 1.54) is 0 Å². The van der Waals surface area contributed by atoms with Crippen molar-refractivity contribution in [3.63, 3.8) is 0 Å². The van der Waals surface area contributed by atoms with Crippen LogP contribution in [0.2, 0.25) is 0 Å². The molecule has 0 rings (SSSR count). The molecule has 0 aromatic carbocycles. The van der Waals surface area contributed by atoms with Gasteiger partial charge in [0, 0.05) is 0 Å². The highest BCUT2D eigenvalue weighted by molar-refractivity contribution is 5.60. The van der Waals surface area contributed by atoms with Crippen LogP contribution in [0.15, 0.2) is 0 Å². The molecule has 0 aliphatic rings. The van der Waals surface area contributed by atoms with Crippen molar-refractivity contribution in [3.8, 4) is 0 Å². The molecule has 0 aliphatic carbocycles.